The molecule has 2 aliphatic heterocycles. The molecule has 0 N–H and O–H groups in total. The molecule has 2 aromatic carbocycles. The average Bonchev–Trinajstić information content (AvgIpc) is 2.92. The normalized spacial score (nSPS) is 33.1. The van der Waals surface area contributed by atoms with Crippen LogP contribution >= 0.6 is 0 Å². The van der Waals surface area contributed by atoms with Gasteiger partial charge in [-0.15, -0.1) is 0 Å². The van der Waals surface area contributed by atoms with E-state index in [0.29, 0.717) is 0 Å². The van der Waals surface area contributed by atoms with Crippen LogP contribution in [0.25, 0.3) is 0 Å². The molecule has 2 saturated heterocycles. The number of fused-ring (bicyclic) bond motifs is 2. The molecule has 0 bridgehead atoms. The molecule has 2 saturated carbocycles. The molecule has 0 radical (unpaired) electrons. The molecule has 4 fully saturated rings. The number of hydrogen-bond donors (Lipinski definition) is 0. The highest BCUT2D eigenvalue weighted by molar-refractivity contribution is 5.16. The van der Waals surface area contributed by atoms with E-state index in [-0.39, 0.29) is 0 Å². The second-order valence-corrected chi connectivity index (χ2v) is 12.5. The van der Waals surface area contributed by atoms with Gasteiger partial charge >= 0.3 is 0 Å². The summed E-state index contributed by atoms with van der Waals surface area (Å²) < 4.78 is 0. The fourth-order valence-electron chi connectivity index (χ4n) is 8.19. The maximum Gasteiger partial charge on any atom is 0.0236 e. The first-order valence-electron chi connectivity index (χ1n) is 15.2. The van der Waals surface area contributed by atoms with Gasteiger partial charge in [0.05, 0.1) is 0 Å². The number of rotatable bonds is 4. The lowest BCUT2D eigenvalue weighted by Crippen LogP contribution is -2.48. The van der Waals surface area contributed by atoms with Crippen molar-refractivity contribution in [2.24, 2.45) is 23.7 Å². The first-order chi connectivity index (χ1) is 17.7. The minimum Gasteiger partial charge on any atom is -0.296 e. The van der Waals surface area contributed by atoms with E-state index in [2.05, 4.69) is 84.3 Å². The number of likely N-dealkylation sites (tertiary alicyclic amines) is 2. The molecule has 6 atom stereocenters. The minimum atomic E-state index is 0.864. The van der Waals surface area contributed by atoms with Crippen LogP contribution in [0.15, 0.2) is 60.7 Å². The number of hydrogen-bond acceptors (Lipinski definition) is 2. The number of benzene rings is 2. The van der Waals surface area contributed by atoms with Gasteiger partial charge in [0.25, 0.3) is 0 Å². The van der Waals surface area contributed by atoms with Crippen LogP contribution in [-0.2, 0) is 13.1 Å². The lowest BCUT2D eigenvalue weighted by Gasteiger charge is -2.47. The predicted octanol–water partition coefficient (Wildman–Crippen LogP) is 8.17. The molecular formula is C34H50N2. The van der Waals surface area contributed by atoms with Gasteiger partial charge in [-0.2, -0.15) is 0 Å². The molecule has 2 aromatic rings. The van der Waals surface area contributed by atoms with Crippen LogP contribution in [0.2, 0.25) is 0 Å². The van der Waals surface area contributed by atoms with E-state index in [1.165, 1.54) is 88.4 Å². The molecule has 2 heterocycles. The molecule has 0 unspecified atom stereocenters. The standard InChI is InChI=1S/2C17H25N/c2*1-14-7-5-11-17-16(14)10-6-12-18(17)13-15-8-3-2-4-9-15/h2*2-4,8-9,14,16-17H,5-7,10-13H2,1H3/t2*14-,16-,17+/m10/s1. The van der Waals surface area contributed by atoms with Gasteiger partial charge in [0.2, 0.25) is 0 Å². The van der Waals surface area contributed by atoms with Gasteiger partial charge < -0.3 is 0 Å². The highest BCUT2D eigenvalue weighted by atomic mass is 15.2. The molecule has 2 heteroatoms. The van der Waals surface area contributed by atoms with Gasteiger partial charge in [0.1, 0.15) is 0 Å². The first-order valence-corrected chi connectivity index (χ1v) is 15.2. The molecule has 0 aromatic heterocycles. The van der Waals surface area contributed by atoms with Crippen LogP contribution in [0.3, 0.4) is 0 Å². The first kappa shape index (κ1) is 26.0. The Bertz CT molecular complexity index is 820. The summed E-state index contributed by atoms with van der Waals surface area (Å²) in [5, 5.41) is 0. The third kappa shape index (κ3) is 6.43. The molecule has 0 spiro atoms. The van der Waals surface area contributed by atoms with Gasteiger partial charge in [-0.25, -0.2) is 0 Å². The molecule has 0 amide bonds. The Morgan fingerprint density at radius 3 is 1.36 bits per heavy atom. The van der Waals surface area contributed by atoms with Crippen molar-refractivity contribution in [1.29, 1.82) is 0 Å². The van der Waals surface area contributed by atoms with Gasteiger partial charge in [0, 0.05) is 25.2 Å². The Morgan fingerprint density at radius 1 is 0.528 bits per heavy atom. The van der Waals surface area contributed by atoms with E-state index in [0.717, 1.165) is 48.8 Å². The molecule has 2 nitrogen and oxygen atoms in total. The SMILES string of the molecule is C[C@@H]1CCC[C@H]2[C@@H]1CCCN2Cc1ccccc1.C[C@H]1CCC[C@@H]2[C@H]1CCCN2Cc1ccccc1. The number of nitrogens with zero attached hydrogens (tertiary/aromatic N) is 2. The Labute approximate surface area is 221 Å². The summed E-state index contributed by atoms with van der Waals surface area (Å²) in [5.41, 5.74) is 2.97. The summed E-state index contributed by atoms with van der Waals surface area (Å²) in [6, 6.07) is 23.7. The maximum absolute atomic E-state index is 2.76. The van der Waals surface area contributed by atoms with Crippen LogP contribution < -0.4 is 0 Å². The van der Waals surface area contributed by atoms with E-state index >= 15 is 0 Å². The zero-order chi connectivity index (χ0) is 24.7. The van der Waals surface area contributed by atoms with E-state index in [1.807, 2.05) is 0 Å². The van der Waals surface area contributed by atoms with Crippen LogP contribution in [0.4, 0.5) is 0 Å². The Hall–Kier alpha value is -1.64. The molecule has 196 valence electrons. The van der Waals surface area contributed by atoms with E-state index < -0.39 is 0 Å². The highest BCUT2D eigenvalue weighted by Crippen LogP contribution is 2.40. The molecule has 2 aliphatic carbocycles. The lowest BCUT2D eigenvalue weighted by atomic mass is 9.72. The Morgan fingerprint density at radius 2 is 0.944 bits per heavy atom. The van der Waals surface area contributed by atoms with Crippen molar-refractivity contribution in [2.45, 2.75) is 103 Å². The third-order valence-corrected chi connectivity index (χ3v) is 10.1. The summed E-state index contributed by atoms with van der Waals surface area (Å²) in [4.78, 5) is 5.53. The van der Waals surface area contributed by atoms with Crippen LogP contribution in [0.1, 0.15) is 89.2 Å². The van der Waals surface area contributed by atoms with Crippen molar-refractivity contribution in [2.75, 3.05) is 13.1 Å². The molecule has 4 aliphatic rings. The van der Waals surface area contributed by atoms with Gasteiger partial charge in [-0.1, -0.05) is 100 Å². The third-order valence-electron chi connectivity index (χ3n) is 10.1. The van der Waals surface area contributed by atoms with Crippen molar-refractivity contribution in [3.05, 3.63) is 71.8 Å². The summed E-state index contributed by atoms with van der Waals surface area (Å²) >= 11 is 0. The smallest absolute Gasteiger partial charge is 0.0236 e. The summed E-state index contributed by atoms with van der Waals surface area (Å²) in [5.74, 6) is 3.83. The highest BCUT2D eigenvalue weighted by Gasteiger charge is 2.37. The Kier molecular flexibility index (Phi) is 9.20. The fourth-order valence-corrected chi connectivity index (χ4v) is 8.19. The molecular weight excluding hydrogens is 436 g/mol. The topological polar surface area (TPSA) is 6.48 Å². The zero-order valence-corrected chi connectivity index (χ0v) is 23.0. The van der Waals surface area contributed by atoms with Gasteiger partial charge in [-0.05, 0) is 86.4 Å². The minimum absolute atomic E-state index is 0.864. The fraction of sp³-hybridized carbons (Fsp3) is 0.647. The van der Waals surface area contributed by atoms with Crippen molar-refractivity contribution < 1.29 is 0 Å². The summed E-state index contributed by atoms with van der Waals surface area (Å²) in [6.45, 7) is 9.89. The van der Waals surface area contributed by atoms with Gasteiger partial charge in [-0.3, -0.25) is 9.80 Å². The molecule has 36 heavy (non-hydrogen) atoms. The molecule has 6 rings (SSSR count). The lowest BCUT2D eigenvalue weighted by molar-refractivity contribution is 0.0259. The zero-order valence-electron chi connectivity index (χ0n) is 23.0. The summed E-state index contributed by atoms with van der Waals surface area (Å²) in [6.07, 6.45) is 14.4. The van der Waals surface area contributed by atoms with Crippen molar-refractivity contribution in [1.82, 2.24) is 9.80 Å². The quantitative estimate of drug-likeness (QED) is 0.430. The predicted molar refractivity (Wildman–Crippen MR) is 153 cm³/mol. The van der Waals surface area contributed by atoms with Crippen LogP contribution in [-0.4, -0.2) is 35.0 Å². The largest absolute Gasteiger partial charge is 0.296 e. The van der Waals surface area contributed by atoms with Crippen molar-refractivity contribution in [3.63, 3.8) is 0 Å². The maximum atomic E-state index is 2.76. The van der Waals surface area contributed by atoms with E-state index in [1.54, 1.807) is 0 Å². The van der Waals surface area contributed by atoms with Crippen LogP contribution in [0, 0.1) is 23.7 Å². The Balaban J connectivity index is 0.000000148. The number of piperidine rings is 2. The summed E-state index contributed by atoms with van der Waals surface area (Å²) in [7, 11) is 0. The van der Waals surface area contributed by atoms with E-state index in [9.17, 15) is 0 Å². The van der Waals surface area contributed by atoms with Crippen molar-refractivity contribution >= 4 is 0 Å². The van der Waals surface area contributed by atoms with Crippen LogP contribution in [0.5, 0.6) is 0 Å². The average molecular weight is 487 g/mol. The van der Waals surface area contributed by atoms with E-state index in [4.69, 9.17) is 0 Å². The van der Waals surface area contributed by atoms with Crippen molar-refractivity contribution in [3.8, 4) is 0 Å². The monoisotopic (exact) mass is 486 g/mol. The second-order valence-electron chi connectivity index (χ2n) is 12.5. The van der Waals surface area contributed by atoms with Gasteiger partial charge in [0.15, 0.2) is 0 Å². The second kappa shape index (κ2) is 12.7.